The van der Waals surface area contributed by atoms with E-state index in [1.807, 2.05) is 0 Å². The lowest BCUT2D eigenvalue weighted by Gasteiger charge is -2.16. The normalized spacial score (nSPS) is 11.5. The summed E-state index contributed by atoms with van der Waals surface area (Å²) in [7, 11) is 0.812. The Balaban J connectivity index is 2.07. The Hall–Kier alpha value is -3.12. The standard InChI is InChI=1S/C21H16ClF4N3O4S/c1-11(30)5-7-34-19-15(4-3-6-27-19)33-16-9-14(13(23)8-12(16)22)29-18(31)10-17(21(24,25)26)28(2)20(29)32/h3-4,6,8-10H,5,7H2,1-2H3. The number of alkyl halides is 3. The molecule has 0 fully saturated rings. The van der Waals surface area contributed by atoms with Gasteiger partial charge in [0.15, 0.2) is 5.75 Å². The number of hydrogen-bond donors (Lipinski definition) is 0. The summed E-state index contributed by atoms with van der Waals surface area (Å²) in [6.07, 6.45) is -3.18. The number of rotatable bonds is 7. The molecule has 0 amide bonds. The van der Waals surface area contributed by atoms with Gasteiger partial charge in [0.1, 0.15) is 28.1 Å². The second-order valence-electron chi connectivity index (χ2n) is 6.99. The van der Waals surface area contributed by atoms with Crippen LogP contribution in [0, 0.1) is 5.82 Å². The van der Waals surface area contributed by atoms with Crippen molar-refractivity contribution in [1.29, 1.82) is 0 Å². The van der Waals surface area contributed by atoms with Crippen LogP contribution in [0.1, 0.15) is 19.0 Å². The number of Topliss-reactive ketones (excluding diaryl/α,β-unsaturated/α-hetero) is 1. The van der Waals surface area contributed by atoms with Crippen LogP contribution in [-0.2, 0) is 18.0 Å². The van der Waals surface area contributed by atoms with Gasteiger partial charge in [-0.15, -0.1) is 11.8 Å². The Morgan fingerprint density at radius 3 is 2.56 bits per heavy atom. The maximum absolute atomic E-state index is 14.7. The van der Waals surface area contributed by atoms with Crippen LogP contribution in [0.15, 0.2) is 51.1 Å². The first-order valence-corrected chi connectivity index (χ1v) is 10.9. The minimum Gasteiger partial charge on any atom is -0.453 e. The summed E-state index contributed by atoms with van der Waals surface area (Å²) in [6.45, 7) is 1.45. The fourth-order valence-corrected chi connectivity index (χ4v) is 4.02. The summed E-state index contributed by atoms with van der Waals surface area (Å²) in [4.78, 5) is 40.2. The summed E-state index contributed by atoms with van der Waals surface area (Å²) in [5.74, 6) is -0.696. The van der Waals surface area contributed by atoms with E-state index in [9.17, 15) is 31.9 Å². The second-order valence-corrected chi connectivity index (χ2v) is 8.48. The molecule has 0 aliphatic carbocycles. The van der Waals surface area contributed by atoms with E-state index in [-0.39, 0.29) is 37.5 Å². The SMILES string of the molecule is CC(=O)CCSc1ncccc1Oc1cc(-n2c(=O)cc(C(F)(F)F)n(C)c2=O)c(F)cc1Cl. The molecule has 0 unspecified atom stereocenters. The van der Waals surface area contributed by atoms with E-state index in [1.54, 1.807) is 6.07 Å². The van der Waals surface area contributed by atoms with Crippen molar-refractivity contribution < 1.29 is 27.1 Å². The Kier molecular flexibility index (Phi) is 7.51. The number of hydrogen-bond acceptors (Lipinski definition) is 6. The number of ether oxygens (including phenoxy) is 1. The average Bonchev–Trinajstić information content (AvgIpc) is 2.74. The van der Waals surface area contributed by atoms with Crippen molar-refractivity contribution in [1.82, 2.24) is 14.1 Å². The molecule has 180 valence electrons. The number of thioether (sulfide) groups is 1. The van der Waals surface area contributed by atoms with Crippen LogP contribution in [0.5, 0.6) is 11.5 Å². The third-order valence-corrected chi connectivity index (χ3v) is 5.79. The number of carbonyl (C=O) groups excluding carboxylic acids is 1. The molecule has 0 aliphatic heterocycles. The number of nitrogens with zero attached hydrogens (tertiary/aromatic N) is 3. The van der Waals surface area contributed by atoms with Crippen molar-refractivity contribution in [3.63, 3.8) is 0 Å². The van der Waals surface area contributed by atoms with Gasteiger partial charge in [0.05, 0.1) is 10.7 Å². The Morgan fingerprint density at radius 2 is 1.91 bits per heavy atom. The molecule has 3 rings (SSSR count). The first kappa shape index (κ1) is 25.5. The number of ketones is 1. The van der Waals surface area contributed by atoms with Crippen LogP contribution in [-0.4, -0.2) is 25.7 Å². The molecule has 1 aromatic carbocycles. The lowest BCUT2D eigenvalue weighted by atomic mass is 10.2. The van der Waals surface area contributed by atoms with E-state index in [1.165, 1.54) is 30.9 Å². The molecular weight excluding hydrogens is 502 g/mol. The largest absolute Gasteiger partial charge is 0.453 e. The maximum Gasteiger partial charge on any atom is 0.431 e. The quantitative estimate of drug-likeness (QED) is 0.336. The molecule has 0 saturated carbocycles. The number of aromatic nitrogens is 3. The molecule has 34 heavy (non-hydrogen) atoms. The number of benzene rings is 1. The van der Waals surface area contributed by atoms with Gasteiger partial charge < -0.3 is 4.74 Å². The van der Waals surface area contributed by atoms with Gasteiger partial charge in [0.2, 0.25) is 0 Å². The molecule has 0 atom stereocenters. The fourth-order valence-electron chi connectivity index (χ4n) is 2.86. The maximum atomic E-state index is 14.7. The lowest BCUT2D eigenvalue weighted by Crippen LogP contribution is -2.41. The van der Waals surface area contributed by atoms with Crippen molar-refractivity contribution >= 4 is 29.1 Å². The summed E-state index contributed by atoms with van der Waals surface area (Å²) in [5.41, 5.74) is -4.92. The molecule has 2 heterocycles. The third kappa shape index (κ3) is 5.50. The van der Waals surface area contributed by atoms with Crippen molar-refractivity contribution in [2.45, 2.75) is 24.5 Å². The van der Waals surface area contributed by atoms with Gasteiger partial charge in [-0.2, -0.15) is 13.2 Å². The number of halogens is 5. The third-order valence-electron chi connectivity index (χ3n) is 4.50. The summed E-state index contributed by atoms with van der Waals surface area (Å²) >= 11 is 7.30. The lowest BCUT2D eigenvalue weighted by molar-refractivity contribution is -0.144. The molecule has 0 saturated heterocycles. The van der Waals surface area contributed by atoms with Gasteiger partial charge in [-0.25, -0.2) is 18.7 Å². The molecule has 0 N–H and O–H groups in total. The Bertz CT molecular complexity index is 1370. The van der Waals surface area contributed by atoms with Crippen LogP contribution >= 0.6 is 23.4 Å². The van der Waals surface area contributed by atoms with E-state index in [4.69, 9.17) is 16.3 Å². The molecule has 0 spiro atoms. The predicted octanol–water partition coefficient (Wildman–Crippen LogP) is 4.61. The minimum atomic E-state index is -4.96. The smallest absolute Gasteiger partial charge is 0.431 e. The van der Waals surface area contributed by atoms with Crippen LogP contribution < -0.4 is 16.0 Å². The van der Waals surface area contributed by atoms with Gasteiger partial charge in [-0.1, -0.05) is 11.6 Å². The van der Waals surface area contributed by atoms with Crippen LogP contribution in [0.4, 0.5) is 17.6 Å². The molecule has 7 nitrogen and oxygen atoms in total. The molecule has 2 aromatic heterocycles. The van der Waals surface area contributed by atoms with E-state index in [0.29, 0.717) is 17.2 Å². The summed E-state index contributed by atoms with van der Waals surface area (Å²) in [5, 5.41) is 0.176. The molecule has 13 heteroatoms. The summed E-state index contributed by atoms with van der Waals surface area (Å²) in [6, 6.07) is 4.99. The highest BCUT2D eigenvalue weighted by Gasteiger charge is 2.35. The minimum absolute atomic E-state index is 0.0133. The molecular formula is C21H16ClF4N3O4S. The van der Waals surface area contributed by atoms with Crippen molar-refractivity contribution in [2.24, 2.45) is 7.05 Å². The van der Waals surface area contributed by atoms with Crippen molar-refractivity contribution in [3.05, 3.63) is 73.9 Å². The zero-order valence-electron chi connectivity index (χ0n) is 17.7. The number of pyridine rings is 1. The number of carbonyl (C=O) groups is 1. The molecule has 0 bridgehead atoms. The molecule has 0 aliphatic rings. The second kappa shape index (κ2) is 10.0. The van der Waals surface area contributed by atoms with Gasteiger partial charge in [0, 0.05) is 37.6 Å². The van der Waals surface area contributed by atoms with Crippen LogP contribution in [0.3, 0.4) is 0 Å². The zero-order valence-corrected chi connectivity index (χ0v) is 19.2. The van der Waals surface area contributed by atoms with Gasteiger partial charge in [0.25, 0.3) is 5.56 Å². The van der Waals surface area contributed by atoms with Gasteiger partial charge in [-0.3, -0.25) is 14.2 Å². The Labute approximate surface area is 199 Å². The first-order chi connectivity index (χ1) is 15.9. The fraction of sp³-hybridized carbons (Fsp3) is 0.238. The average molecular weight is 518 g/mol. The first-order valence-electron chi connectivity index (χ1n) is 9.55. The molecule has 3 aromatic rings. The van der Waals surface area contributed by atoms with E-state index in [2.05, 4.69) is 4.98 Å². The van der Waals surface area contributed by atoms with E-state index in [0.717, 1.165) is 19.2 Å². The highest BCUT2D eigenvalue weighted by atomic mass is 35.5. The van der Waals surface area contributed by atoms with Crippen molar-refractivity contribution in [3.8, 4) is 17.2 Å². The highest BCUT2D eigenvalue weighted by Crippen LogP contribution is 2.36. The summed E-state index contributed by atoms with van der Waals surface area (Å²) < 4.78 is 60.2. The predicted molar refractivity (Wildman–Crippen MR) is 118 cm³/mol. The highest BCUT2D eigenvalue weighted by molar-refractivity contribution is 7.99. The van der Waals surface area contributed by atoms with Crippen molar-refractivity contribution in [2.75, 3.05) is 5.75 Å². The zero-order chi connectivity index (χ0) is 25.2. The van der Waals surface area contributed by atoms with Crippen LogP contribution in [0.2, 0.25) is 5.02 Å². The molecule has 0 radical (unpaired) electrons. The monoisotopic (exact) mass is 517 g/mol. The van der Waals surface area contributed by atoms with Crippen LogP contribution in [0.25, 0.3) is 5.69 Å². The van der Waals surface area contributed by atoms with Gasteiger partial charge >= 0.3 is 11.9 Å². The van der Waals surface area contributed by atoms with Gasteiger partial charge in [-0.05, 0) is 25.1 Å². The topological polar surface area (TPSA) is 83.2 Å². The Morgan fingerprint density at radius 1 is 1.21 bits per heavy atom. The van der Waals surface area contributed by atoms with E-state index < -0.39 is 34.6 Å². The van der Waals surface area contributed by atoms with E-state index >= 15 is 0 Å².